The van der Waals surface area contributed by atoms with Gasteiger partial charge in [0.25, 0.3) is 0 Å². The van der Waals surface area contributed by atoms with Crippen LogP contribution < -0.4 is 5.32 Å². The summed E-state index contributed by atoms with van der Waals surface area (Å²) in [5.41, 5.74) is 2.76. The quantitative estimate of drug-likeness (QED) is 0.672. The van der Waals surface area contributed by atoms with E-state index in [-0.39, 0.29) is 0 Å². The minimum absolute atomic E-state index is 0.494. The molecule has 1 aromatic rings. The Hall–Kier alpha value is -1.82. The zero-order valence-corrected chi connectivity index (χ0v) is 7.68. The molecular weight excluding hydrogens is 162 g/mol. The summed E-state index contributed by atoms with van der Waals surface area (Å²) >= 11 is 0. The van der Waals surface area contributed by atoms with Crippen molar-refractivity contribution in [2.75, 3.05) is 12.4 Å². The fourth-order valence-electron chi connectivity index (χ4n) is 1.15. The number of nitrogens with zero attached hydrogens (tertiary/aromatic N) is 1. The third-order valence-electron chi connectivity index (χ3n) is 1.82. The molecule has 0 heterocycles. The Balaban J connectivity index is 3.25. The number of nitrogens with one attached hydrogen (secondary N) is 2. The average molecular weight is 173 g/mol. The molecule has 3 heteroatoms. The summed E-state index contributed by atoms with van der Waals surface area (Å²) in [5, 5.41) is 19.1. The van der Waals surface area contributed by atoms with Crippen molar-refractivity contribution >= 4 is 11.4 Å². The highest BCUT2D eigenvalue weighted by atomic mass is 14.8. The largest absolute Gasteiger partial charge is 0.388 e. The molecule has 0 fully saturated rings. The molecule has 66 valence electrons. The number of benzene rings is 1. The van der Waals surface area contributed by atoms with E-state index in [0.717, 1.165) is 11.3 Å². The summed E-state index contributed by atoms with van der Waals surface area (Å²) in [7, 11) is 1.78. The van der Waals surface area contributed by atoms with Crippen LogP contribution in [-0.2, 0) is 0 Å². The van der Waals surface area contributed by atoms with Gasteiger partial charge in [0.15, 0.2) is 0 Å². The third-order valence-corrected chi connectivity index (χ3v) is 1.82. The SMILES string of the molecule is CNc1cc(C#N)ccc1C(C)=N. The molecular formula is C10H11N3. The maximum atomic E-state index is 8.66. The van der Waals surface area contributed by atoms with E-state index in [1.807, 2.05) is 0 Å². The Morgan fingerprint density at radius 2 is 2.23 bits per heavy atom. The van der Waals surface area contributed by atoms with Gasteiger partial charge in [-0.05, 0) is 25.1 Å². The molecule has 1 rings (SSSR count). The summed E-state index contributed by atoms with van der Waals surface area (Å²) < 4.78 is 0. The van der Waals surface area contributed by atoms with Crippen molar-refractivity contribution in [3.05, 3.63) is 29.3 Å². The minimum atomic E-state index is 0.494. The Labute approximate surface area is 77.5 Å². The first-order valence-electron chi connectivity index (χ1n) is 3.96. The first-order valence-corrected chi connectivity index (χ1v) is 3.96. The van der Waals surface area contributed by atoms with Crippen LogP contribution in [0.25, 0.3) is 0 Å². The smallest absolute Gasteiger partial charge is 0.0992 e. The van der Waals surface area contributed by atoms with Crippen molar-refractivity contribution in [1.29, 1.82) is 10.7 Å². The number of anilines is 1. The molecule has 0 saturated heterocycles. The number of hydrogen-bond donors (Lipinski definition) is 2. The molecule has 0 spiro atoms. The van der Waals surface area contributed by atoms with E-state index in [0.29, 0.717) is 11.3 Å². The molecule has 0 atom stereocenters. The lowest BCUT2D eigenvalue weighted by Crippen LogP contribution is -2.00. The Morgan fingerprint density at radius 1 is 1.54 bits per heavy atom. The van der Waals surface area contributed by atoms with Crippen LogP contribution >= 0.6 is 0 Å². The van der Waals surface area contributed by atoms with E-state index in [1.165, 1.54) is 0 Å². The van der Waals surface area contributed by atoms with Crippen LogP contribution in [0.1, 0.15) is 18.1 Å². The van der Waals surface area contributed by atoms with Gasteiger partial charge in [0.2, 0.25) is 0 Å². The summed E-state index contributed by atoms with van der Waals surface area (Å²) in [4.78, 5) is 0. The van der Waals surface area contributed by atoms with E-state index >= 15 is 0 Å². The summed E-state index contributed by atoms with van der Waals surface area (Å²) in [5.74, 6) is 0. The lowest BCUT2D eigenvalue weighted by molar-refractivity contribution is 1.41. The highest BCUT2D eigenvalue weighted by Crippen LogP contribution is 2.17. The van der Waals surface area contributed by atoms with Gasteiger partial charge in [-0.25, -0.2) is 0 Å². The molecule has 0 aliphatic rings. The molecule has 2 N–H and O–H groups in total. The monoisotopic (exact) mass is 173 g/mol. The molecule has 0 aliphatic carbocycles. The third kappa shape index (κ3) is 1.85. The topological polar surface area (TPSA) is 59.7 Å². The number of hydrogen-bond acceptors (Lipinski definition) is 3. The molecule has 0 bridgehead atoms. The van der Waals surface area contributed by atoms with Crippen LogP contribution in [0, 0.1) is 16.7 Å². The fraction of sp³-hybridized carbons (Fsp3) is 0.200. The number of rotatable bonds is 2. The highest BCUT2D eigenvalue weighted by molar-refractivity contribution is 6.01. The van der Waals surface area contributed by atoms with Crippen molar-refractivity contribution in [3.8, 4) is 6.07 Å². The maximum Gasteiger partial charge on any atom is 0.0992 e. The highest BCUT2D eigenvalue weighted by Gasteiger charge is 2.03. The Morgan fingerprint density at radius 3 is 2.69 bits per heavy atom. The molecule has 0 aromatic heterocycles. The lowest BCUT2D eigenvalue weighted by atomic mass is 10.1. The summed E-state index contributed by atoms with van der Waals surface area (Å²) in [6.45, 7) is 1.72. The van der Waals surface area contributed by atoms with E-state index < -0.39 is 0 Å². The van der Waals surface area contributed by atoms with Crippen molar-refractivity contribution in [3.63, 3.8) is 0 Å². The normalized spacial score (nSPS) is 9.00. The van der Waals surface area contributed by atoms with Crippen molar-refractivity contribution in [2.45, 2.75) is 6.92 Å². The number of nitriles is 1. The van der Waals surface area contributed by atoms with Gasteiger partial charge in [-0.2, -0.15) is 5.26 Å². The fourth-order valence-corrected chi connectivity index (χ4v) is 1.15. The predicted octanol–water partition coefficient (Wildman–Crippen LogP) is 1.99. The van der Waals surface area contributed by atoms with Crippen LogP contribution in [0.5, 0.6) is 0 Å². The molecule has 0 unspecified atom stereocenters. The zero-order valence-electron chi connectivity index (χ0n) is 7.68. The van der Waals surface area contributed by atoms with E-state index in [4.69, 9.17) is 10.7 Å². The first-order chi connectivity index (χ1) is 6.19. The molecule has 0 radical (unpaired) electrons. The predicted molar refractivity (Wildman–Crippen MR) is 53.2 cm³/mol. The second-order valence-corrected chi connectivity index (χ2v) is 2.75. The van der Waals surface area contributed by atoms with Crippen molar-refractivity contribution < 1.29 is 0 Å². The van der Waals surface area contributed by atoms with Gasteiger partial charge in [0, 0.05) is 24.0 Å². The lowest BCUT2D eigenvalue weighted by Gasteiger charge is -2.07. The summed E-state index contributed by atoms with van der Waals surface area (Å²) in [6.07, 6.45) is 0. The van der Waals surface area contributed by atoms with Gasteiger partial charge in [0.05, 0.1) is 11.6 Å². The molecule has 3 nitrogen and oxygen atoms in total. The van der Waals surface area contributed by atoms with E-state index in [1.54, 1.807) is 32.2 Å². The molecule has 0 amide bonds. The van der Waals surface area contributed by atoms with Crippen LogP contribution in [0.15, 0.2) is 18.2 Å². The van der Waals surface area contributed by atoms with Crippen LogP contribution in [0.2, 0.25) is 0 Å². The van der Waals surface area contributed by atoms with E-state index in [9.17, 15) is 0 Å². The van der Waals surface area contributed by atoms with Gasteiger partial charge in [-0.3, -0.25) is 0 Å². The molecule has 0 aliphatic heterocycles. The van der Waals surface area contributed by atoms with Gasteiger partial charge >= 0.3 is 0 Å². The second-order valence-electron chi connectivity index (χ2n) is 2.75. The molecule has 1 aromatic carbocycles. The van der Waals surface area contributed by atoms with Crippen LogP contribution in [-0.4, -0.2) is 12.8 Å². The second kappa shape index (κ2) is 3.72. The summed E-state index contributed by atoms with van der Waals surface area (Å²) in [6, 6.07) is 7.30. The van der Waals surface area contributed by atoms with Crippen LogP contribution in [0.4, 0.5) is 5.69 Å². The van der Waals surface area contributed by atoms with E-state index in [2.05, 4.69) is 11.4 Å². The molecule has 13 heavy (non-hydrogen) atoms. The van der Waals surface area contributed by atoms with Gasteiger partial charge < -0.3 is 10.7 Å². The standard InChI is InChI=1S/C10H11N3/c1-7(12)9-4-3-8(6-11)5-10(9)13-2/h3-5,12-13H,1-2H3. The van der Waals surface area contributed by atoms with Crippen molar-refractivity contribution in [2.24, 2.45) is 0 Å². The zero-order chi connectivity index (χ0) is 9.84. The maximum absolute atomic E-state index is 8.66. The van der Waals surface area contributed by atoms with Gasteiger partial charge in [-0.1, -0.05) is 0 Å². The minimum Gasteiger partial charge on any atom is -0.388 e. The first kappa shape index (κ1) is 9.27. The van der Waals surface area contributed by atoms with Crippen molar-refractivity contribution in [1.82, 2.24) is 0 Å². The average Bonchev–Trinajstić information content (AvgIpc) is 2.16. The molecule has 0 saturated carbocycles. The Kier molecular flexibility index (Phi) is 2.65. The van der Waals surface area contributed by atoms with Gasteiger partial charge in [0.1, 0.15) is 0 Å². The van der Waals surface area contributed by atoms with Crippen LogP contribution in [0.3, 0.4) is 0 Å². The Bertz CT molecular complexity index is 374. The van der Waals surface area contributed by atoms with Gasteiger partial charge in [-0.15, -0.1) is 0 Å².